The van der Waals surface area contributed by atoms with Crippen LogP contribution in [0.25, 0.3) is 11.0 Å². The first-order chi connectivity index (χ1) is 13.2. The van der Waals surface area contributed by atoms with Gasteiger partial charge in [-0.05, 0) is 58.8 Å². The van der Waals surface area contributed by atoms with Crippen LogP contribution in [-0.4, -0.2) is 32.6 Å². The quantitative estimate of drug-likeness (QED) is 0.350. The molecule has 0 saturated carbocycles. The van der Waals surface area contributed by atoms with E-state index in [-0.39, 0.29) is 11.9 Å². The van der Waals surface area contributed by atoms with Crippen molar-refractivity contribution in [3.63, 3.8) is 0 Å². The summed E-state index contributed by atoms with van der Waals surface area (Å²) in [6.07, 6.45) is 1.57. The van der Waals surface area contributed by atoms with Gasteiger partial charge < -0.3 is 14.6 Å². The Morgan fingerprint density at radius 1 is 1.19 bits per heavy atom. The second kappa shape index (κ2) is 7.67. The zero-order chi connectivity index (χ0) is 18.8. The molecule has 2 aromatic carbocycles. The summed E-state index contributed by atoms with van der Waals surface area (Å²) in [7, 11) is 0. The van der Waals surface area contributed by atoms with Crippen LogP contribution in [0.5, 0.6) is 0 Å². The molecular formula is C20H18IN3O3. The molecule has 0 saturated heterocycles. The van der Waals surface area contributed by atoms with Crippen molar-refractivity contribution in [1.29, 1.82) is 0 Å². The van der Waals surface area contributed by atoms with Crippen molar-refractivity contribution in [3.05, 3.63) is 65.0 Å². The highest BCUT2D eigenvalue weighted by Gasteiger charge is 2.20. The number of nitrogens with zero attached hydrogens (tertiary/aromatic N) is 2. The maximum Gasteiger partial charge on any atom is 0.338 e. The lowest BCUT2D eigenvalue weighted by molar-refractivity contribution is 0.0590. The number of ether oxygens (including phenoxy) is 1. The van der Waals surface area contributed by atoms with E-state index in [1.54, 1.807) is 12.1 Å². The Balaban J connectivity index is 1.56. The van der Waals surface area contributed by atoms with E-state index < -0.39 is 0 Å². The fourth-order valence-corrected chi connectivity index (χ4v) is 3.70. The number of hydrogen-bond donors (Lipinski definition) is 1. The number of para-hydroxylation sites is 1. The van der Waals surface area contributed by atoms with Crippen LogP contribution in [0.2, 0.25) is 0 Å². The van der Waals surface area contributed by atoms with Gasteiger partial charge in [-0.2, -0.15) is 0 Å². The van der Waals surface area contributed by atoms with Gasteiger partial charge in [0, 0.05) is 19.5 Å². The van der Waals surface area contributed by atoms with Gasteiger partial charge in [-0.1, -0.05) is 18.2 Å². The van der Waals surface area contributed by atoms with Crippen molar-refractivity contribution in [2.75, 3.05) is 11.2 Å². The van der Waals surface area contributed by atoms with Gasteiger partial charge in [0.2, 0.25) is 0 Å². The first kappa shape index (κ1) is 18.0. The SMILES string of the molecule is O=C(OCI)c1ccc(CCc2nc3cccc4c3n2CCNC4=O)cc1. The number of imidazole rings is 1. The molecule has 0 fully saturated rings. The number of benzene rings is 2. The molecule has 3 aromatic rings. The first-order valence-corrected chi connectivity index (χ1v) is 10.3. The minimum atomic E-state index is -0.305. The number of aromatic nitrogens is 2. The standard InChI is InChI=1S/C20H18IN3O3/c21-12-27-20(26)14-7-4-13(5-8-14)6-9-17-23-16-3-1-2-15-18(16)24(17)11-10-22-19(15)25/h1-5,7-8H,6,9-12H2,(H,22,25). The van der Waals surface area contributed by atoms with Crippen LogP contribution in [0.15, 0.2) is 42.5 Å². The summed E-state index contributed by atoms with van der Waals surface area (Å²) in [5.41, 5.74) is 4.14. The molecule has 1 aliphatic rings. The molecule has 0 unspecified atom stereocenters. The molecule has 1 aromatic heterocycles. The summed E-state index contributed by atoms with van der Waals surface area (Å²) in [6.45, 7) is 1.31. The smallest absolute Gasteiger partial charge is 0.338 e. The lowest BCUT2D eigenvalue weighted by Gasteiger charge is -2.08. The van der Waals surface area contributed by atoms with Crippen LogP contribution >= 0.6 is 22.6 Å². The van der Waals surface area contributed by atoms with E-state index in [0.717, 1.165) is 41.8 Å². The summed E-state index contributed by atoms with van der Waals surface area (Å²) >= 11 is 2.00. The van der Waals surface area contributed by atoms with E-state index in [2.05, 4.69) is 9.88 Å². The molecule has 7 heteroatoms. The highest BCUT2D eigenvalue weighted by atomic mass is 127. The number of hydrogen-bond acceptors (Lipinski definition) is 4. The Bertz CT molecular complexity index is 1010. The molecule has 6 nitrogen and oxygen atoms in total. The minimum absolute atomic E-state index is 0.0419. The zero-order valence-electron chi connectivity index (χ0n) is 14.6. The number of aryl methyl sites for hydroxylation is 2. The summed E-state index contributed by atoms with van der Waals surface area (Å²) in [5, 5.41) is 2.93. The molecule has 0 spiro atoms. The number of amides is 1. The molecule has 4 rings (SSSR count). The third-order valence-corrected chi connectivity index (χ3v) is 5.04. The number of halogens is 1. The predicted molar refractivity (Wildman–Crippen MR) is 110 cm³/mol. The molecular weight excluding hydrogens is 457 g/mol. The average Bonchev–Trinajstić information content (AvgIpc) is 2.94. The first-order valence-electron chi connectivity index (χ1n) is 8.76. The van der Waals surface area contributed by atoms with Crippen LogP contribution in [-0.2, 0) is 24.1 Å². The Hall–Kier alpha value is -2.42. The Morgan fingerprint density at radius 2 is 2.00 bits per heavy atom. The average molecular weight is 475 g/mol. The lowest BCUT2D eigenvalue weighted by Crippen LogP contribution is -2.24. The predicted octanol–water partition coefficient (Wildman–Crippen LogP) is 3.11. The monoisotopic (exact) mass is 475 g/mol. The molecule has 1 amide bonds. The van der Waals surface area contributed by atoms with Crippen LogP contribution < -0.4 is 5.32 Å². The van der Waals surface area contributed by atoms with Crippen LogP contribution in [0.1, 0.15) is 32.1 Å². The van der Waals surface area contributed by atoms with E-state index in [0.29, 0.717) is 22.3 Å². The molecule has 0 atom stereocenters. The summed E-state index contributed by atoms with van der Waals surface area (Å²) in [5.74, 6) is 0.628. The van der Waals surface area contributed by atoms with Gasteiger partial charge in [0.15, 0.2) is 0 Å². The van der Waals surface area contributed by atoms with E-state index in [4.69, 9.17) is 9.72 Å². The van der Waals surface area contributed by atoms with Crippen molar-refractivity contribution in [3.8, 4) is 0 Å². The minimum Gasteiger partial charge on any atom is -0.451 e. The molecule has 2 heterocycles. The molecule has 0 aliphatic carbocycles. The van der Waals surface area contributed by atoms with Gasteiger partial charge in [-0.25, -0.2) is 9.78 Å². The maximum atomic E-state index is 12.2. The fourth-order valence-electron chi connectivity index (χ4n) is 3.42. The van der Waals surface area contributed by atoms with Crippen LogP contribution in [0.3, 0.4) is 0 Å². The van der Waals surface area contributed by atoms with E-state index in [9.17, 15) is 9.59 Å². The van der Waals surface area contributed by atoms with Gasteiger partial charge in [0.25, 0.3) is 5.91 Å². The fraction of sp³-hybridized carbons (Fsp3) is 0.250. The van der Waals surface area contributed by atoms with E-state index >= 15 is 0 Å². The number of carbonyl (C=O) groups excluding carboxylic acids is 2. The Labute approximate surface area is 170 Å². The molecule has 27 heavy (non-hydrogen) atoms. The number of carbonyl (C=O) groups is 2. The van der Waals surface area contributed by atoms with Crippen molar-refractivity contribution in [1.82, 2.24) is 14.9 Å². The van der Waals surface area contributed by atoms with Crippen molar-refractivity contribution >= 4 is 45.5 Å². The maximum absolute atomic E-state index is 12.2. The normalized spacial score (nSPS) is 13.3. The largest absolute Gasteiger partial charge is 0.451 e. The van der Waals surface area contributed by atoms with Gasteiger partial charge in [-0.15, -0.1) is 0 Å². The Morgan fingerprint density at radius 3 is 2.78 bits per heavy atom. The third-order valence-electron chi connectivity index (χ3n) is 4.72. The summed E-state index contributed by atoms with van der Waals surface area (Å²) in [6, 6.07) is 13.2. The van der Waals surface area contributed by atoms with Crippen LogP contribution in [0, 0.1) is 0 Å². The molecule has 1 N–H and O–H groups in total. The van der Waals surface area contributed by atoms with Crippen LogP contribution in [0.4, 0.5) is 0 Å². The number of nitrogens with one attached hydrogen (secondary N) is 1. The second-order valence-corrected chi connectivity index (χ2v) is 6.97. The van der Waals surface area contributed by atoms with Gasteiger partial charge in [0.1, 0.15) is 10.4 Å². The van der Waals surface area contributed by atoms with Gasteiger partial charge >= 0.3 is 5.97 Å². The van der Waals surface area contributed by atoms with Crippen molar-refractivity contribution in [2.24, 2.45) is 0 Å². The van der Waals surface area contributed by atoms with Gasteiger partial charge in [0.05, 0.1) is 22.2 Å². The molecule has 0 radical (unpaired) electrons. The topological polar surface area (TPSA) is 73.2 Å². The van der Waals surface area contributed by atoms with Gasteiger partial charge in [-0.3, -0.25) is 4.79 Å². The number of rotatable bonds is 5. The van der Waals surface area contributed by atoms with E-state index in [1.165, 1.54) is 0 Å². The van der Waals surface area contributed by atoms with E-state index in [1.807, 2.05) is 52.9 Å². The van der Waals surface area contributed by atoms with Crippen molar-refractivity contribution < 1.29 is 14.3 Å². The zero-order valence-corrected chi connectivity index (χ0v) is 16.7. The molecule has 1 aliphatic heterocycles. The molecule has 0 bridgehead atoms. The number of alkyl halides is 1. The highest BCUT2D eigenvalue weighted by Crippen LogP contribution is 2.23. The summed E-state index contributed by atoms with van der Waals surface area (Å²) < 4.78 is 7.49. The summed E-state index contributed by atoms with van der Waals surface area (Å²) in [4.78, 5) is 28.7. The highest BCUT2D eigenvalue weighted by molar-refractivity contribution is 14.1. The second-order valence-electron chi connectivity index (χ2n) is 6.35. The number of esters is 1. The third kappa shape index (κ3) is 3.55. The Kier molecular flexibility index (Phi) is 5.11. The molecule has 138 valence electrons. The van der Waals surface area contributed by atoms with Crippen molar-refractivity contribution in [2.45, 2.75) is 19.4 Å². The lowest BCUT2D eigenvalue weighted by atomic mass is 10.1.